The molecule has 0 aliphatic rings. The quantitative estimate of drug-likeness (QED) is 0.446. The van der Waals surface area contributed by atoms with Crippen LogP contribution in [-0.4, -0.2) is 49.9 Å². The highest BCUT2D eigenvalue weighted by Gasteiger charge is 2.37. The van der Waals surface area contributed by atoms with E-state index in [4.69, 9.17) is 23.7 Å². The van der Waals surface area contributed by atoms with E-state index in [9.17, 15) is 0 Å². The first-order valence-electron chi connectivity index (χ1n) is 5.18. The summed E-state index contributed by atoms with van der Waals surface area (Å²) in [6, 6.07) is 0.767. The fourth-order valence-electron chi connectivity index (χ4n) is 1.23. The van der Waals surface area contributed by atoms with Crippen molar-refractivity contribution in [2.75, 3.05) is 41.1 Å². The second kappa shape index (κ2) is 9.26. The Kier molecular flexibility index (Phi) is 9.27. The summed E-state index contributed by atoms with van der Waals surface area (Å²) >= 11 is 0. The molecule has 0 saturated heterocycles. The average Bonchev–Trinajstić information content (AvgIpc) is 2.29. The molecule has 0 rings (SSSR count). The molecule has 0 aliphatic carbocycles. The van der Waals surface area contributed by atoms with Crippen LogP contribution in [0.5, 0.6) is 0 Å². The minimum absolute atomic E-state index is 0.603. The van der Waals surface area contributed by atoms with Crippen molar-refractivity contribution in [3.05, 3.63) is 0 Å². The predicted molar refractivity (Wildman–Crippen MR) is 60.7 cm³/mol. The Balaban J connectivity index is 3.88. The van der Waals surface area contributed by atoms with E-state index < -0.39 is 8.80 Å². The standard InChI is InChI=1S/C9H23NO4Si/c1-11-7-5-8-14-15(12-2,13-3)9-4-6-10/h4-10H2,1-3H3. The first-order chi connectivity index (χ1) is 7.24. The molecular weight excluding hydrogens is 214 g/mol. The van der Waals surface area contributed by atoms with Crippen LogP contribution in [0, 0.1) is 0 Å². The third-order valence-electron chi connectivity index (χ3n) is 2.12. The van der Waals surface area contributed by atoms with Crippen molar-refractivity contribution >= 4 is 8.80 Å². The van der Waals surface area contributed by atoms with E-state index in [1.54, 1.807) is 21.3 Å². The molecule has 0 spiro atoms. The molecule has 6 heteroatoms. The summed E-state index contributed by atoms with van der Waals surface area (Å²) in [4.78, 5) is 0. The summed E-state index contributed by atoms with van der Waals surface area (Å²) in [7, 11) is 2.48. The topological polar surface area (TPSA) is 62.9 Å². The molecule has 15 heavy (non-hydrogen) atoms. The van der Waals surface area contributed by atoms with Gasteiger partial charge in [-0.3, -0.25) is 0 Å². The number of nitrogens with two attached hydrogens (primary N) is 1. The Hall–Kier alpha value is 0.0169. The first-order valence-corrected chi connectivity index (χ1v) is 7.11. The monoisotopic (exact) mass is 237 g/mol. The van der Waals surface area contributed by atoms with Gasteiger partial charge in [0, 0.05) is 40.6 Å². The van der Waals surface area contributed by atoms with Crippen LogP contribution in [-0.2, 0) is 18.0 Å². The first kappa shape index (κ1) is 15.0. The van der Waals surface area contributed by atoms with E-state index in [-0.39, 0.29) is 0 Å². The zero-order chi connectivity index (χ0) is 11.6. The largest absolute Gasteiger partial charge is 0.500 e. The van der Waals surface area contributed by atoms with Crippen molar-refractivity contribution in [2.24, 2.45) is 5.73 Å². The van der Waals surface area contributed by atoms with Crippen LogP contribution in [0.2, 0.25) is 6.04 Å². The Morgan fingerprint density at radius 1 is 1.00 bits per heavy atom. The fraction of sp³-hybridized carbons (Fsp3) is 1.00. The maximum absolute atomic E-state index is 5.69. The summed E-state index contributed by atoms with van der Waals surface area (Å²) < 4.78 is 21.4. The lowest BCUT2D eigenvalue weighted by atomic mass is 10.5. The Morgan fingerprint density at radius 3 is 2.13 bits per heavy atom. The molecule has 0 radical (unpaired) electrons. The summed E-state index contributed by atoms with van der Waals surface area (Å²) in [6.45, 7) is 1.92. The zero-order valence-corrected chi connectivity index (χ0v) is 11.0. The van der Waals surface area contributed by atoms with E-state index in [0.29, 0.717) is 19.8 Å². The van der Waals surface area contributed by atoms with Gasteiger partial charge in [0.05, 0.1) is 0 Å². The van der Waals surface area contributed by atoms with Gasteiger partial charge in [0.1, 0.15) is 0 Å². The van der Waals surface area contributed by atoms with Gasteiger partial charge in [0.15, 0.2) is 0 Å². The highest BCUT2D eigenvalue weighted by molar-refractivity contribution is 6.60. The molecule has 2 N–H and O–H groups in total. The highest BCUT2D eigenvalue weighted by atomic mass is 28.4. The smallest absolute Gasteiger partial charge is 0.385 e. The van der Waals surface area contributed by atoms with Gasteiger partial charge in [-0.25, -0.2) is 0 Å². The van der Waals surface area contributed by atoms with Gasteiger partial charge < -0.3 is 23.7 Å². The van der Waals surface area contributed by atoms with Gasteiger partial charge in [0.2, 0.25) is 0 Å². The number of ether oxygens (including phenoxy) is 1. The van der Waals surface area contributed by atoms with Gasteiger partial charge in [-0.05, 0) is 19.4 Å². The van der Waals surface area contributed by atoms with Crippen molar-refractivity contribution in [1.29, 1.82) is 0 Å². The average molecular weight is 237 g/mol. The molecule has 0 aromatic rings. The highest BCUT2D eigenvalue weighted by Crippen LogP contribution is 2.15. The van der Waals surface area contributed by atoms with E-state index in [1.807, 2.05) is 0 Å². The molecule has 0 heterocycles. The number of rotatable bonds is 10. The summed E-state index contributed by atoms with van der Waals surface area (Å²) in [5.74, 6) is 0. The molecule has 0 saturated carbocycles. The van der Waals surface area contributed by atoms with Gasteiger partial charge >= 0.3 is 8.80 Å². The van der Waals surface area contributed by atoms with Crippen molar-refractivity contribution in [3.8, 4) is 0 Å². The van der Waals surface area contributed by atoms with E-state index in [2.05, 4.69) is 0 Å². The fourth-order valence-corrected chi connectivity index (χ4v) is 3.27. The Bertz CT molecular complexity index is 144. The zero-order valence-electron chi connectivity index (χ0n) is 9.95. The molecule has 0 amide bonds. The van der Waals surface area contributed by atoms with Gasteiger partial charge in [-0.1, -0.05) is 0 Å². The molecule has 0 aliphatic heterocycles. The predicted octanol–water partition coefficient (Wildman–Crippen LogP) is 0.620. The Morgan fingerprint density at radius 2 is 1.67 bits per heavy atom. The van der Waals surface area contributed by atoms with Gasteiger partial charge in [0.25, 0.3) is 0 Å². The maximum atomic E-state index is 5.69. The van der Waals surface area contributed by atoms with E-state index in [1.165, 1.54) is 0 Å². The SMILES string of the molecule is COCCCO[Si](CCCN)(OC)OC. The second-order valence-electron chi connectivity index (χ2n) is 3.18. The third-order valence-corrected chi connectivity index (χ3v) is 4.98. The van der Waals surface area contributed by atoms with E-state index >= 15 is 0 Å². The lowest BCUT2D eigenvalue weighted by Gasteiger charge is -2.26. The number of hydrogen-bond acceptors (Lipinski definition) is 5. The van der Waals surface area contributed by atoms with Crippen molar-refractivity contribution in [1.82, 2.24) is 0 Å². The second-order valence-corrected chi connectivity index (χ2v) is 6.15. The molecular formula is C9H23NO4Si. The lowest BCUT2D eigenvalue weighted by molar-refractivity contribution is 0.0854. The molecule has 0 atom stereocenters. The van der Waals surface area contributed by atoms with Crippen LogP contribution in [0.25, 0.3) is 0 Å². The van der Waals surface area contributed by atoms with Crippen LogP contribution >= 0.6 is 0 Å². The molecule has 0 aromatic heterocycles. The van der Waals surface area contributed by atoms with Crippen LogP contribution in [0.1, 0.15) is 12.8 Å². The minimum Gasteiger partial charge on any atom is -0.385 e. The summed E-state index contributed by atoms with van der Waals surface area (Å²) in [5.41, 5.74) is 5.46. The number of hydrogen-bond donors (Lipinski definition) is 1. The van der Waals surface area contributed by atoms with Crippen molar-refractivity contribution in [3.63, 3.8) is 0 Å². The molecule has 0 unspecified atom stereocenters. The molecule has 0 bridgehead atoms. The van der Waals surface area contributed by atoms with Gasteiger partial charge in [-0.2, -0.15) is 0 Å². The van der Waals surface area contributed by atoms with E-state index in [0.717, 1.165) is 18.9 Å². The molecule has 5 nitrogen and oxygen atoms in total. The third kappa shape index (κ3) is 6.24. The summed E-state index contributed by atoms with van der Waals surface area (Å²) in [6.07, 6.45) is 1.71. The lowest BCUT2D eigenvalue weighted by Crippen LogP contribution is -2.44. The molecule has 0 fully saturated rings. The van der Waals surface area contributed by atoms with Crippen LogP contribution in [0.3, 0.4) is 0 Å². The normalized spacial score (nSPS) is 12.0. The van der Waals surface area contributed by atoms with Crippen LogP contribution in [0.15, 0.2) is 0 Å². The van der Waals surface area contributed by atoms with Crippen molar-refractivity contribution in [2.45, 2.75) is 18.9 Å². The van der Waals surface area contributed by atoms with Crippen LogP contribution < -0.4 is 5.73 Å². The minimum atomic E-state index is -2.45. The molecule has 92 valence electrons. The maximum Gasteiger partial charge on any atom is 0.500 e. The molecule has 0 aromatic carbocycles. The van der Waals surface area contributed by atoms with Gasteiger partial charge in [-0.15, -0.1) is 0 Å². The van der Waals surface area contributed by atoms with Crippen LogP contribution in [0.4, 0.5) is 0 Å². The Labute approximate surface area is 93.2 Å². The summed E-state index contributed by atoms with van der Waals surface area (Å²) in [5, 5.41) is 0. The van der Waals surface area contributed by atoms with Crippen molar-refractivity contribution < 1.29 is 18.0 Å². The number of methoxy groups -OCH3 is 1.